The van der Waals surface area contributed by atoms with Crippen LogP contribution in [0.1, 0.15) is 23.2 Å². The van der Waals surface area contributed by atoms with Crippen LogP contribution in [0.4, 0.5) is 8.78 Å². The quantitative estimate of drug-likeness (QED) is 0.928. The van der Waals surface area contributed by atoms with E-state index in [-0.39, 0.29) is 23.3 Å². The van der Waals surface area contributed by atoms with Crippen LogP contribution in [-0.2, 0) is 0 Å². The first kappa shape index (κ1) is 16.0. The molecule has 1 aromatic rings. The summed E-state index contributed by atoms with van der Waals surface area (Å²) in [6, 6.07) is 4.29. The van der Waals surface area contributed by atoms with Crippen LogP contribution >= 0.6 is 11.6 Å². The Balaban J connectivity index is 2.23. The number of hydrogen-bond acceptors (Lipinski definition) is 3. The Bertz CT molecular complexity index is 514. The summed E-state index contributed by atoms with van der Waals surface area (Å²) in [4.78, 5) is 14.2. The van der Waals surface area contributed by atoms with Gasteiger partial charge in [0.25, 0.3) is 5.91 Å². The number of nitrogens with zero attached hydrogens (tertiary/aromatic N) is 1. The Labute approximate surface area is 127 Å². The summed E-state index contributed by atoms with van der Waals surface area (Å²) < 4.78 is 29.3. The average Bonchev–Trinajstić information content (AvgIpc) is 2.48. The minimum Gasteiger partial charge on any atom is -0.434 e. The number of likely N-dealkylation sites (tertiary alicyclic amines) is 1. The fraction of sp³-hybridized carbons (Fsp3) is 0.500. The van der Waals surface area contributed by atoms with E-state index in [1.165, 1.54) is 18.2 Å². The molecule has 1 unspecified atom stereocenters. The molecule has 0 aromatic heterocycles. The Hall–Kier alpha value is -1.40. The Morgan fingerprint density at radius 1 is 1.52 bits per heavy atom. The number of rotatable bonds is 4. The lowest BCUT2D eigenvalue weighted by atomic mass is 10.0. The second-order valence-corrected chi connectivity index (χ2v) is 5.33. The molecule has 4 nitrogen and oxygen atoms in total. The average molecular weight is 319 g/mol. The first-order valence-electron chi connectivity index (χ1n) is 6.72. The summed E-state index contributed by atoms with van der Waals surface area (Å²) in [7, 11) is 1.84. The van der Waals surface area contributed by atoms with Crippen LogP contribution in [0.3, 0.4) is 0 Å². The minimum absolute atomic E-state index is 0.0690. The number of benzene rings is 1. The number of hydrogen-bond donors (Lipinski definition) is 1. The number of carbonyl (C=O) groups excluding carboxylic acids is 1. The molecule has 1 fully saturated rings. The Morgan fingerprint density at radius 2 is 2.29 bits per heavy atom. The summed E-state index contributed by atoms with van der Waals surface area (Å²) >= 11 is 5.87. The van der Waals surface area contributed by atoms with Gasteiger partial charge in [0, 0.05) is 24.2 Å². The maximum Gasteiger partial charge on any atom is 0.387 e. The van der Waals surface area contributed by atoms with E-state index in [4.69, 9.17) is 11.6 Å². The summed E-state index contributed by atoms with van der Waals surface area (Å²) in [6.45, 7) is -1.85. The van der Waals surface area contributed by atoms with Gasteiger partial charge in [0.05, 0.1) is 5.56 Å². The number of piperidine rings is 1. The van der Waals surface area contributed by atoms with Gasteiger partial charge in [-0.1, -0.05) is 11.6 Å². The number of ether oxygens (including phenoxy) is 1. The zero-order chi connectivity index (χ0) is 15.4. The van der Waals surface area contributed by atoms with Crippen molar-refractivity contribution in [3.63, 3.8) is 0 Å². The molecule has 1 aliphatic rings. The van der Waals surface area contributed by atoms with Gasteiger partial charge >= 0.3 is 6.61 Å². The lowest BCUT2D eigenvalue weighted by Gasteiger charge is -2.33. The Kier molecular flexibility index (Phi) is 5.36. The van der Waals surface area contributed by atoms with Crippen LogP contribution < -0.4 is 10.1 Å². The topological polar surface area (TPSA) is 41.6 Å². The van der Waals surface area contributed by atoms with E-state index < -0.39 is 6.61 Å². The summed E-state index contributed by atoms with van der Waals surface area (Å²) in [5.74, 6) is -0.487. The summed E-state index contributed by atoms with van der Waals surface area (Å²) in [5.41, 5.74) is 0.0690. The predicted molar refractivity (Wildman–Crippen MR) is 76.1 cm³/mol. The van der Waals surface area contributed by atoms with Crippen LogP contribution in [0.2, 0.25) is 5.02 Å². The van der Waals surface area contributed by atoms with Gasteiger partial charge in [-0.2, -0.15) is 8.78 Å². The number of alkyl halides is 2. The van der Waals surface area contributed by atoms with Gasteiger partial charge in [0.2, 0.25) is 0 Å². The molecule has 21 heavy (non-hydrogen) atoms. The van der Waals surface area contributed by atoms with Gasteiger partial charge in [0.15, 0.2) is 0 Å². The van der Waals surface area contributed by atoms with E-state index in [2.05, 4.69) is 10.1 Å². The zero-order valence-electron chi connectivity index (χ0n) is 11.6. The van der Waals surface area contributed by atoms with Crippen molar-refractivity contribution in [3.8, 4) is 5.75 Å². The van der Waals surface area contributed by atoms with Crippen molar-refractivity contribution in [1.29, 1.82) is 0 Å². The molecule has 1 N–H and O–H groups in total. The number of halogens is 3. The molecule has 1 saturated heterocycles. The van der Waals surface area contributed by atoms with Gasteiger partial charge in [0.1, 0.15) is 5.75 Å². The van der Waals surface area contributed by atoms with Gasteiger partial charge in [-0.3, -0.25) is 4.79 Å². The highest BCUT2D eigenvalue weighted by atomic mass is 35.5. The minimum atomic E-state index is -2.98. The second kappa shape index (κ2) is 7.04. The molecule has 1 heterocycles. The van der Waals surface area contributed by atoms with Crippen LogP contribution in [0, 0.1) is 0 Å². The third kappa shape index (κ3) is 4.04. The third-order valence-corrected chi connectivity index (χ3v) is 3.74. The highest BCUT2D eigenvalue weighted by molar-refractivity contribution is 6.31. The SMILES string of the molecule is CNC1CCCN(C(=O)c2cc(Cl)ccc2OC(F)F)C1. The van der Waals surface area contributed by atoms with Crippen LogP contribution in [0.5, 0.6) is 5.75 Å². The first-order valence-corrected chi connectivity index (χ1v) is 7.10. The molecule has 1 atom stereocenters. The van der Waals surface area contributed by atoms with Gasteiger partial charge in [-0.15, -0.1) is 0 Å². The molecular weight excluding hydrogens is 302 g/mol. The molecular formula is C14H17ClF2N2O2. The Morgan fingerprint density at radius 3 is 2.95 bits per heavy atom. The molecule has 116 valence electrons. The lowest BCUT2D eigenvalue weighted by molar-refractivity contribution is -0.0503. The largest absolute Gasteiger partial charge is 0.434 e. The maximum atomic E-state index is 12.5. The van der Waals surface area contributed by atoms with E-state index in [0.29, 0.717) is 18.1 Å². The zero-order valence-corrected chi connectivity index (χ0v) is 12.4. The lowest BCUT2D eigenvalue weighted by Crippen LogP contribution is -2.47. The highest BCUT2D eigenvalue weighted by Gasteiger charge is 2.26. The van der Waals surface area contributed by atoms with E-state index >= 15 is 0 Å². The molecule has 0 aliphatic carbocycles. The molecule has 1 aliphatic heterocycles. The first-order chi connectivity index (χ1) is 10.0. The van der Waals surface area contributed by atoms with Crippen LogP contribution in [0.25, 0.3) is 0 Å². The number of amides is 1. The van der Waals surface area contributed by atoms with E-state index in [1.54, 1.807) is 4.90 Å². The smallest absolute Gasteiger partial charge is 0.387 e. The summed E-state index contributed by atoms with van der Waals surface area (Å²) in [6.07, 6.45) is 1.85. The normalized spacial score (nSPS) is 18.9. The van der Waals surface area contributed by atoms with Crippen molar-refractivity contribution in [1.82, 2.24) is 10.2 Å². The van der Waals surface area contributed by atoms with Crippen molar-refractivity contribution in [2.45, 2.75) is 25.5 Å². The van der Waals surface area contributed by atoms with Crippen LogP contribution in [0.15, 0.2) is 18.2 Å². The third-order valence-electron chi connectivity index (χ3n) is 3.50. The van der Waals surface area contributed by atoms with Crippen molar-refractivity contribution >= 4 is 17.5 Å². The van der Waals surface area contributed by atoms with Gasteiger partial charge in [-0.05, 0) is 38.1 Å². The monoisotopic (exact) mass is 318 g/mol. The highest BCUT2D eigenvalue weighted by Crippen LogP contribution is 2.27. The molecule has 1 aromatic carbocycles. The molecule has 0 saturated carbocycles. The standard InChI is InChI=1S/C14H17ClF2N2O2/c1-18-10-3-2-6-19(8-10)13(20)11-7-9(15)4-5-12(11)21-14(16)17/h4-5,7,10,14,18H,2-3,6,8H2,1H3. The molecule has 7 heteroatoms. The van der Waals surface area contributed by atoms with E-state index in [9.17, 15) is 13.6 Å². The molecule has 1 amide bonds. The predicted octanol–water partition coefficient (Wildman–Crippen LogP) is 2.77. The van der Waals surface area contributed by atoms with Crippen molar-refractivity contribution < 1.29 is 18.3 Å². The van der Waals surface area contributed by atoms with Gasteiger partial charge < -0.3 is 15.0 Å². The molecule has 0 bridgehead atoms. The fourth-order valence-corrected chi connectivity index (χ4v) is 2.61. The molecule has 0 radical (unpaired) electrons. The van der Waals surface area contributed by atoms with Crippen molar-refractivity contribution in [3.05, 3.63) is 28.8 Å². The van der Waals surface area contributed by atoms with Crippen molar-refractivity contribution in [2.75, 3.05) is 20.1 Å². The number of likely N-dealkylation sites (N-methyl/N-ethyl adjacent to an activating group) is 1. The van der Waals surface area contributed by atoms with E-state index in [0.717, 1.165) is 12.8 Å². The number of carbonyl (C=O) groups is 1. The number of nitrogens with one attached hydrogen (secondary N) is 1. The fourth-order valence-electron chi connectivity index (χ4n) is 2.44. The van der Waals surface area contributed by atoms with Gasteiger partial charge in [-0.25, -0.2) is 0 Å². The molecule has 0 spiro atoms. The maximum absolute atomic E-state index is 12.5. The van der Waals surface area contributed by atoms with E-state index in [1.807, 2.05) is 7.05 Å². The molecule has 2 rings (SSSR count). The van der Waals surface area contributed by atoms with Crippen LogP contribution in [-0.4, -0.2) is 43.6 Å². The second-order valence-electron chi connectivity index (χ2n) is 4.90. The summed E-state index contributed by atoms with van der Waals surface area (Å²) in [5, 5.41) is 3.43. The van der Waals surface area contributed by atoms with Crippen molar-refractivity contribution in [2.24, 2.45) is 0 Å².